The average molecular weight is 466 g/mol. The van der Waals surface area contributed by atoms with Crippen molar-refractivity contribution in [3.05, 3.63) is 72.1 Å². The zero-order valence-electron chi connectivity index (χ0n) is 19.3. The molecule has 0 aliphatic heterocycles. The van der Waals surface area contributed by atoms with Gasteiger partial charge in [0, 0.05) is 35.5 Å². The third-order valence-electron chi connectivity index (χ3n) is 5.52. The van der Waals surface area contributed by atoms with Gasteiger partial charge in [0.15, 0.2) is 5.82 Å². The van der Waals surface area contributed by atoms with Gasteiger partial charge in [-0.2, -0.15) is 13.2 Å². The van der Waals surface area contributed by atoms with Crippen molar-refractivity contribution in [3.8, 4) is 22.5 Å². The summed E-state index contributed by atoms with van der Waals surface area (Å²) in [6.45, 7) is 3.52. The number of hydrogen-bond donors (Lipinski definition) is 1. The Morgan fingerprint density at radius 2 is 1.74 bits per heavy atom. The maximum atomic E-state index is 13.8. The molecule has 0 atom stereocenters. The summed E-state index contributed by atoms with van der Waals surface area (Å²) in [5.74, 6) is 0.857. The van der Waals surface area contributed by atoms with Crippen molar-refractivity contribution in [1.82, 2.24) is 19.9 Å². The molecule has 0 saturated heterocycles. The van der Waals surface area contributed by atoms with Crippen LogP contribution in [-0.2, 0) is 6.18 Å². The summed E-state index contributed by atoms with van der Waals surface area (Å²) in [5, 5.41) is 4.20. The molecule has 0 radical (unpaired) electrons. The number of aromatic nitrogens is 3. The van der Waals surface area contributed by atoms with Gasteiger partial charge in [-0.05, 0) is 75.4 Å². The first-order valence-electron chi connectivity index (χ1n) is 11.0. The Kier molecular flexibility index (Phi) is 6.79. The maximum Gasteiger partial charge on any atom is 0.416 e. The van der Waals surface area contributed by atoms with Gasteiger partial charge in [-0.25, -0.2) is 9.97 Å². The smallest absolute Gasteiger partial charge is 0.369 e. The molecule has 8 heteroatoms. The maximum absolute atomic E-state index is 13.8. The fraction of sp³-hybridized carbons (Fsp3) is 0.269. The summed E-state index contributed by atoms with van der Waals surface area (Å²) in [6, 6.07) is 13.1. The number of hydrogen-bond acceptors (Lipinski definition) is 5. The number of aryl methyl sites for hydroxylation is 1. The van der Waals surface area contributed by atoms with Crippen LogP contribution in [0.1, 0.15) is 17.5 Å². The second-order valence-electron chi connectivity index (χ2n) is 8.49. The highest BCUT2D eigenvalue weighted by Gasteiger charge is 2.31. The molecule has 0 spiro atoms. The quantitative estimate of drug-likeness (QED) is 0.337. The fourth-order valence-corrected chi connectivity index (χ4v) is 3.78. The summed E-state index contributed by atoms with van der Waals surface area (Å²) in [5.41, 5.74) is 2.19. The van der Waals surface area contributed by atoms with Crippen LogP contribution in [0.15, 0.2) is 60.9 Å². The number of para-hydroxylation sites is 1. The number of pyridine rings is 1. The third kappa shape index (κ3) is 5.34. The minimum Gasteiger partial charge on any atom is -0.369 e. The molecule has 5 nitrogen and oxygen atoms in total. The first-order valence-corrected chi connectivity index (χ1v) is 11.0. The van der Waals surface area contributed by atoms with E-state index >= 15 is 0 Å². The number of fused-ring (bicyclic) bond motifs is 1. The van der Waals surface area contributed by atoms with Crippen molar-refractivity contribution in [2.75, 3.05) is 32.5 Å². The van der Waals surface area contributed by atoms with E-state index in [1.54, 1.807) is 30.6 Å². The van der Waals surface area contributed by atoms with Crippen LogP contribution in [0.5, 0.6) is 0 Å². The second-order valence-corrected chi connectivity index (χ2v) is 8.49. The minimum atomic E-state index is -4.51. The highest BCUT2D eigenvalue weighted by molar-refractivity contribution is 5.92. The van der Waals surface area contributed by atoms with Crippen LogP contribution in [0, 0.1) is 6.92 Å². The van der Waals surface area contributed by atoms with Crippen molar-refractivity contribution in [2.45, 2.75) is 19.5 Å². The number of benzene rings is 2. The molecule has 2 aromatic heterocycles. The minimum absolute atomic E-state index is 0.244. The summed E-state index contributed by atoms with van der Waals surface area (Å²) in [4.78, 5) is 15.5. The molecule has 176 valence electrons. The van der Waals surface area contributed by atoms with Crippen LogP contribution in [0.4, 0.5) is 19.0 Å². The van der Waals surface area contributed by atoms with Crippen LogP contribution < -0.4 is 5.32 Å². The van der Waals surface area contributed by atoms with Gasteiger partial charge < -0.3 is 10.2 Å². The lowest BCUT2D eigenvalue weighted by Gasteiger charge is -2.15. The van der Waals surface area contributed by atoms with E-state index in [2.05, 4.69) is 25.2 Å². The Morgan fingerprint density at radius 3 is 2.44 bits per heavy atom. The lowest BCUT2D eigenvalue weighted by Crippen LogP contribution is -2.17. The molecule has 0 amide bonds. The lowest BCUT2D eigenvalue weighted by molar-refractivity contribution is -0.137. The van der Waals surface area contributed by atoms with Crippen LogP contribution in [0.2, 0.25) is 0 Å². The summed E-state index contributed by atoms with van der Waals surface area (Å²) >= 11 is 0. The van der Waals surface area contributed by atoms with E-state index in [0.29, 0.717) is 34.6 Å². The molecular formula is C26H26F3N5. The highest BCUT2D eigenvalue weighted by Crippen LogP contribution is 2.36. The van der Waals surface area contributed by atoms with Gasteiger partial charge in [0.2, 0.25) is 0 Å². The molecule has 0 saturated carbocycles. The zero-order valence-corrected chi connectivity index (χ0v) is 19.3. The topological polar surface area (TPSA) is 53.9 Å². The standard InChI is InChI=1S/C26H26F3N5/c1-17-7-4-9-22-23(17)32-24(33-25(22)31-11-6-12-34(2)3)20-13-19(18-8-5-10-30-16-18)14-21(15-20)26(27,28)29/h4-5,7-10,13-16H,6,11-12H2,1-3H3,(H,31,32,33). The van der Waals surface area contributed by atoms with Crippen LogP contribution >= 0.6 is 0 Å². The van der Waals surface area contributed by atoms with Crippen LogP contribution in [-0.4, -0.2) is 47.0 Å². The van der Waals surface area contributed by atoms with E-state index in [-0.39, 0.29) is 5.82 Å². The number of nitrogens with zero attached hydrogens (tertiary/aromatic N) is 4. The molecule has 4 aromatic rings. The summed E-state index contributed by atoms with van der Waals surface area (Å²) < 4.78 is 41.3. The largest absolute Gasteiger partial charge is 0.416 e. The predicted molar refractivity (Wildman–Crippen MR) is 130 cm³/mol. The number of nitrogens with one attached hydrogen (secondary N) is 1. The number of alkyl halides is 3. The summed E-state index contributed by atoms with van der Waals surface area (Å²) in [7, 11) is 4.02. The van der Waals surface area contributed by atoms with E-state index in [0.717, 1.165) is 36.0 Å². The molecule has 1 N–H and O–H groups in total. The molecule has 0 aliphatic rings. The van der Waals surface area contributed by atoms with Crippen LogP contribution in [0.3, 0.4) is 0 Å². The zero-order chi connectivity index (χ0) is 24.3. The third-order valence-corrected chi connectivity index (χ3v) is 5.52. The van der Waals surface area contributed by atoms with E-state index in [1.807, 2.05) is 39.2 Å². The molecule has 0 unspecified atom stereocenters. The lowest BCUT2D eigenvalue weighted by atomic mass is 10.00. The Hall–Kier alpha value is -3.52. The average Bonchev–Trinajstić information content (AvgIpc) is 2.81. The first kappa shape index (κ1) is 23.6. The van der Waals surface area contributed by atoms with Crippen molar-refractivity contribution in [2.24, 2.45) is 0 Å². The van der Waals surface area contributed by atoms with Gasteiger partial charge in [0.1, 0.15) is 5.82 Å². The van der Waals surface area contributed by atoms with E-state index in [9.17, 15) is 13.2 Å². The highest BCUT2D eigenvalue weighted by atomic mass is 19.4. The number of rotatable bonds is 7. The fourth-order valence-electron chi connectivity index (χ4n) is 3.78. The molecule has 0 aliphatic carbocycles. The summed E-state index contributed by atoms with van der Waals surface area (Å²) in [6.07, 6.45) is -0.481. The van der Waals surface area contributed by atoms with Gasteiger partial charge in [0.25, 0.3) is 0 Å². The van der Waals surface area contributed by atoms with Crippen molar-refractivity contribution in [1.29, 1.82) is 0 Å². The van der Waals surface area contributed by atoms with Gasteiger partial charge in [-0.1, -0.05) is 18.2 Å². The predicted octanol–water partition coefficient (Wildman–Crippen LogP) is 6.05. The molecule has 4 rings (SSSR count). The van der Waals surface area contributed by atoms with Gasteiger partial charge in [0.05, 0.1) is 11.1 Å². The number of anilines is 1. The van der Waals surface area contributed by atoms with Gasteiger partial charge >= 0.3 is 6.18 Å². The Morgan fingerprint density at radius 1 is 0.941 bits per heavy atom. The van der Waals surface area contributed by atoms with Crippen LogP contribution in [0.25, 0.3) is 33.4 Å². The molecule has 2 heterocycles. The Balaban J connectivity index is 1.84. The molecule has 0 fully saturated rings. The van der Waals surface area contributed by atoms with E-state index in [4.69, 9.17) is 0 Å². The van der Waals surface area contributed by atoms with Crippen molar-refractivity contribution in [3.63, 3.8) is 0 Å². The molecule has 34 heavy (non-hydrogen) atoms. The number of halogens is 3. The van der Waals surface area contributed by atoms with Gasteiger partial charge in [-0.3, -0.25) is 4.98 Å². The van der Waals surface area contributed by atoms with E-state index < -0.39 is 11.7 Å². The monoisotopic (exact) mass is 465 g/mol. The molecule has 0 bridgehead atoms. The van der Waals surface area contributed by atoms with Crippen molar-refractivity contribution < 1.29 is 13.2 Å². The second kappa shape index (κ2) is 9.77. The SMILES string of the molecule is Cc1cccc2c(NCCCN(C)C)nc(-c3cc(-c4cccnc4)cc(C(F)(F)F)c3)nc12. The van der Waals surface area contributed by atoms with E-state index in [1.165, 1.54) is 0 Å². The van der Waals surface area contributed by atoms with Gasteiger partial charge in [-0.15, -0.1) is 0 Å². The Bertz CT molecular complexity index is 1290. The Labute approximate surface area is 196 Å². The first-order chi connectivity index (χ1) is 16.2. The normalized spacial score (nSPS) is 11.9. The molecular weight excluding hydrogens is 439 g/mol. The molecule has 2 aromatic carbocycles. The van der Waals surface area contributed by atoms with Crippen molar-refractivity contribution >= 4 is 16.7 Å².